The number of nitrogens with zero attached hydrogens (tertiary/aromatic N) is 2. The smallest absolute Gasteiger partial charge is 0.265 e. The maximum absolute atomic E-state index is 14.0. The van der Waals surface area contributed by atoms with Gasteiger partial charge in [-0.2, -0.15) is 0 Å². The third-order valence-corrected chi connectivity index (χ3v) is 7.89. The van der Waals surface area contributed by atoms with E-state index in [1.807, 2.05) is 0 Å². The highest BCUT2D eigenvalue weighted by molar-refractivity contribution is 7.18. The summed E-state index contributed by atoms with van der Waals surface area (Å²) in [5.41, 5.74) is -0.457. The fraction of sp³-hybridized carbons (Fsp3) is 0.480. The predicted octanol–water partition coefficient (Wildman–Crippen LogP) is 4.56. The topological polar surface area (TPSA) is 91.0 Å². The van der Waals surface area contributed by atoms with E-state index >= 15 is 0 Å². The standard InChI is InChI=1S/C25H27ClF4N4O4S/c26-20-7-6-19(39-20)25(37)31-11-18(34(12-21(27)28)15-2-1-3-15)24(36)32-14-4-5-17(16(10-14)23(29)30)33-8-9-38-13-22(33)35/h4-7,10,15,18,21,23H,1-3,8-9,11-13H2,(H,31,37)(H,32,36)/t18-/m0/s1. The van der Waals surface area contributed by atoms with Gasteiger partial charge in [0.05, 0.1) is 28.1 Å². The quantitative estimate of drug-likeness (QED) is 0.375. The van der Waals surface area contributed by atoms with Crippen LogP contribution in [0.2, 0.25) is 4.34 Å². The molecule has 0 spiro atoms. The minimum Gasteiger partial charge on any atom is -0.370 e. The van der Waals surface area contributed by atoms with Gasteiger partial charge in [-0.25, -0.2) is 17.6 Å². The van der Waals surface area contributed by atoms with Crippen LogP contribution in [0, 0.1) is 0 Å². The number of benzene rings is 1. The largest absolute Gasteiger partial charge is 0.370 e. The molecule has 0 unspecified atom stereocenters. The van der Waals surface area contributed by atoms with Crippen LogP contribution in [0.15, 0.2) is 30.3 Å². The number of morpholine rings is 1. The Bertz CT molecular complexity index is 1200. The van der Waals surface area contributed by atoms with Crippen molar-refractivity contribution in [2.45, 2.75) is 44.2 Å². The molecule has 3 amide bonds. The summed E-state index contributed by atoms with van der Waals surface area (Å²) in [5, 5.41) is 5.16. The summed E-state index contributed by atoms with van der Waals surface area (Å²) in [7, 11) is 0. The van der Waals surface area contributed by atoms with E-state index in [1.54, 1.807) is 0 Å². The number of carbonyl (C=O) groups excluding carboxylic acids is 3. The minimum atomic E-state index is -2.95. The number of carbonyl (C=O) groups is 3. The predicted molar refractivity (Wildman–Crippen MR) is 139 cm³/mol. The third-order valence-electron chi connectivity index (χ3n) is 6.66. The number of ether oxygens (including phenoxy) is 1. The second kappa shape index (κ2) is 13.1. The zero-order valence-corrected chi connectivity index (χ0v) is 22.3. The molecule has 2 heterocycles. The van der Waals surface area contributed by atoms with Gasteiger partial charge in [-0.1, -0.05) is 18.0 Å². The minimum absolute atomic E-state index is 0.00326. The van der Waals surface area contributed by atoms with E-state index in [2.05, 4.69) is 10.6 Å². The molecule has 4 rings (SSSR count). The summed E-state index contributed by atoms with van der Waals surface area (Å²) in [6, 6.07) is 5.30. The highest BCUT2D eigenvalue weighted by Crippen LogP contribution is 2.34. The summed E-state index contributed by atoms with van der Waals surface area (Å²) < 4.78 is 60.4. The molecule has 8 nitrogen and oxygen atoms in total. The molecule has 2 aromatic rings. The molecule has 1 aliphatic heterocycles. The Kier molecular flexibility index (Phi) is 9.81. The van der Waals surface area contributed by atoms with Crippen LogP contribution >= 0.6 is 22.9 Å². The molecule has 1 aromatic carbocycles. The van der Waals surface area contributed by atoms with Gasteiger partial charge in [-0.15, -0.1) is 11.3 Å². The molecule has 1 saturated carbocycles. The van der Waals surface area contributed by atoms with Gasteiger partial charge >= 0.3 is 0 Å². The molecule has 1 aliphatic carbocycles. The van der Waals surface area contributed by atoms with E-state index in [4.69, 9.17) is 16.3 Å². The summed E-state index contributed by atoms with van der Waals surface area (Å²) in [5.74, 6) is -1.72. The molecular weight excluding hydrogens is 564 g/mol. The number of alkyl halides is 4. The number of thiophene rings is 1. The number of hydrogen-bond donors (Lipinski definition) is 2. The van der Waals surface area contributed by atoms with Crippen molar-refractivity contribution in [1.29, 1.82) is 0 Å². The average molecular weight is 591 g/mol. The second-order valence-corrected chi connectivity index (χ2v) is 10.9. The van der Waals surface area contributed by atoms with Crippen molar-refractivity contribution in [3.8, 4) is 0 Å². The van der Waals surface area contributed by atoms with E-state index in [0.717, 1.165) is 23.8 Å². The van der Waals surface area contributed by atoms with Gasteiger partial charge < -0.3 is 20.3 Å². The zero-order chi connectivity index (χ0) is 28.1. The molecule has 212 valence electrons. The molecule has 2 fully saturated rings. The van der Waals surface area contributed by atoms with Gasteiger partial charge in [0.2, 0.25) is 5.91 Å². The normalized spacial score (nSPS) is 17.0. The molecule has 2 N–H and O–H groups in total. The van der Waals surface area contributed by atoms with Gasteiger partial charge in [-0.05, 0) is 43.2 Å². The molecule has 2 aliphatic rings. The number of nitrogens with one attached hydrogen (secondary N) is 2. The average Bonchev–Trinajstić information content (AvgIpc) is 3.29. The molecule has 14 heteroatoms. The van der Waals surface area contributed by atoms with E-state index in [1.165, 1.54) is 34.1 Å². The van der Waals surface area contributed by atoms with E-state index in [-0.39, 0.29) is 48.6 Å². The monoisotopic (exact) mass is 590 g/mol. The van der Waals surface area contributed by atoms with Gasteiger partial charge in [-0.3, -0.25) is 19.3 Å². The molecule has 1 saturated heterocycles. The van der Waals surface area contributed by atoms with Crippen molar-refractivity contribution in [2.24, 2.45) is 0 Å². The third kappa shape index (κ3) is 7.27. The lowest BCUT2D eigenvalue weighted by molar-refractivity contribution is -0.126. The van der Waals surface area contributed by atoms with Crippen LogP contribution in [0.1, 0.15) is 40.9 Å². The summed E-state index contributed by atoms with van der Waals surface area (Å²) in [4.78, 5) is 41.1. The maximum Gasteiger partial charge on any atom is 0.265 e. The van der Waals surface area contributed by atoms with Gasteiger partial charge in [0.1, 0.15) is 12.6 Å². The van der Waals surface area contributed by atoms with Crippen molar-refractivity contribution in [2.75, 3.05) is 43.1 Å². The Hall–Kier alpha value is -2.74. The summed E-state index contributed by atoms with van der Waals surface area (Å²) >= 11 is 6.92. The number of hydrogen-bond acceptors (Lipinski definition) is 6. The lowest BCUT2D eigenvalue weighted by Crippen LogP contribution is -2.57. The second-order valence-electron chi connectivity index (χ2n) is 9.16. The zero-order valence-electron chi connectivity index (χ0n) is 20.7. The Morgan fingerprint density at radius 2 is 1.95 bits per heavy atom. The van der Waals surface area contributed by atoms with Crippen LogP contribution in [0.5, 0.6) is 0 Å². The fourth-order valence-corrected chi connectivity index (χ4v) is 5.49. The van der Waals surface area contributed by atoms with E-state index < -0.39 is 48.7 Å². The Labute approximate surface area is 231 Å². The van der Waals surface area contributed by atoms with Crippen molar-refractivity contribution < 1.29 is 36.7 Å². The van der Waals surface area contributed by atoms with E-state index in [9.17, 15) is 31.9 Å². The molecule has 0 bridgehead atoms. The number of halogens is 5. The molecule has 0 radical (unpaired) electrons. The maximum atomic E-state index is 14.0. The highest BCUT2D eigenvalue weighted by atomic mass is 35.5. The van der Waals surface area contributed by atoms with Gasteiger partial charge in [0.15, 0.2) is 0 Å². The fourth-order valence-electron chi connectivity index (χ4n) is 4.53. The van der Waals surface area contributed by atoms with Crippen molar-refractivity contribution in [1.82, 2.24) is 10.2 Å². The number of anilines is 2. The first-order valence-corrected chi connectivity index (χ1v) is 13.5. The summed E-state index contributed by atoms with van der Waals surface area (Å²) in [6.07, 6.45) is -3.64. The van der Waals surface area contributed by atoms with Gasteiger partial charge in [0, 0.05) is 30.4 Å². The van der Waals surface area contributed by atoms with Crippen LogP contribution in [0.25, 0.3) is 0 Å². The van der Waals surface area contributed by atoms with E-state index in [0.29, 0.717) is 17.2 Å². The lowest BCUT2D eigenvalue weighted by Gasteiger charge is -2.41. The SMILES string of the molecule is O=C(NC[C@@H](C(=O)Nc1ccc(N2CCOCC2=O)c(C(F)F)c1)N(CC(F)F)C1CCC1)c1ccc(Cl)s1. The Morgan fingerprint density at radius 3 is 2.54 bits per heavy atom. The Balaban J connectivity index is 1.56. The number of rotatable bonds is 11. The van der Waals surface area contributed by atoms with Gasteiger partial charge in [0.25, 0.3) is 24.7 Å². The van der Waals surface area contributed by atoms with Crippen LogP contribution in [0.4, 0.5) is 28.9 Å². The highest BCUT2D eigenvalue weighted by Gasteiger charge is 2.37. The summed E-state index contributed by atoms with van der Waals surface area (Å²) in [6.45, 7) is -0.909. The first-order valence-electron chi connectivity index (χ1n) is 12.3. The first kappa shape index (κ1) is 29.2. The molecule has 1 aromatic heterocycles. The lowest BCUT2D eigenvalue weighted by atomic mass is 9.90. The molecular formula is C25H27ClF4N4O4S. The van der Waals surface area contributed by atoms with Crippen LogP contribution in [-0.4, -0.2) is 74.0 Å². The van der Waals surface area contributed by atoms with Crippen LogP contribution in [-0.2, 0) is 14.3 Å². The van der Waals surface area contributed by atoms with Crippen LogP contribution < -0.4 is 15.5 Å². The van der Waals surface area contributed by atoms with Crippen molar-refractivity contribution >= 4 is 52.0 Å². The molecule has 39 heavy (non-hydrogen) atoms. The number of amides is 3. The van der Waals surface area contributed by atoms with Crippen LogP contribution in [0.3, 0.4) is 0 Å². The molecule has 1 atom stereocenters. The first-order chi connectivity index (χ1) is 18.6. The van der Waals surface area contributed by atoms with Crippen molar-refractivity contribution in [3.05, 3.63) is 45.1 Å². The van der Waals surface area contributed by atoms with Crippen molar-refractivity contribution in [3.63, 3.8) is 0 Å². The Morgan fingerprint density at radius 1 is 1.18 bits per heavy atom.